The average Bonchev–Trinajstić information content (AvgIpc) is 2.84. The molecule has 0 aliphatic carbocycles. The van der Waals surface area contributed by atoms with Crippen molar-refractivity contribution in [3.63, 3.8) is 0 Å². The van der Waals surface area contributed by atoms with Crippen LogP contribution in [0.25, 0.3) is 0 Å². The third kappa shape index (κ3) is 11.6. The van der Waals surface area contributed by atoms with Gasteiger partial charge in [0.05, 0.1) is 44.3 Å². The Labute approximate surface area is 224 Å². The lowest BCUT2D eigenvalue weighted by molar-refractivity contribution is -0.384. The van der Waals surface area contributed by atoms with Crippen molar-refractivity contribution in [2.45, 2.75) is 0 Å². The van der Waals surface area contributed by atoms with Crippen molar-refractivity contribution in [3.05, 3.63) is 28.3 Å². The Morgan fingerprint density at radius 2 is 1.18 bits per heavy atom. The van der Waals surface area contributed by atoms with Gasteiger partial charge in [0.25, 0.3) is 5.69 Å². The minimum Gasteiger partial charge on any atom is -0.496 e. The second-order valence-corrected chi connectivity index (χ2v) is 8.97. The van der Waals surface area contributed by atoms with Crippen LogP contribution in [0.3, 0.4) is 0 Å². The summed E-state index contributed by atoms with van der Waals surface area (Å²) in [5, 5.41) is 41.8. The van der Waals surface area contributed by atoms with Crippen molar-refractivity contribution < 1.29 is 44.2 Å². The number of carboxylic acid groups (broad SMARTS) is 3. The van der Waals surface area contributed by atoms with Crippen LogP contribution in [0.1, 0.15) is 0 Å². The maximum absolute atomic E-state index is 12.9. The molecule has 16 heteroatoms. The van der Waals surface area contributed by atoms with E-state index >= 15 is 0 Å². The molecule has 0 saturated carbocycles. The van der Waals surface area contributed by atoms with Crippen molar-refractivity contribution in [2.75, 3.05) is 91.0 Å². The van der Waals surface area contributed by atoms with Gasteiger partial charge in [-0.25, -0.2) is 0 Å². The number of anilines is 1. The molecule has 0 unspecified atom stereocenters. The van der Waals surface area contributed by atoms with Crippen LogP contribution in [-0.4, -0.2) is 149 Å². The van der Waals surface area contributed by atoms with Gasteiger partial charge in [-0.05, 0) is 12.1 Å². The van der Waals surface area contributed by atoms with Gasteiger partial charge in [0, 0.05) is 52.4 Å². The van der Waals surface area contributed by atoms with Gasteiger partial charge in [-0.15, -0.1) is 0 Å². The molecule has 0 bridgehead atoms. The van der Waals surface area contributed by atoms with Crippen LogP contribution in [0, 0.1) is 10.1 Å². The molecule has 1 aliphatic rings. The van der Waals surface area contributed by atoms with Crippen LogP contribution in [-0.2, 0) is 19.2 Å². The van der Waals surface area contributed by atoms with Gasteiger partial charge in [0.15, 0.2) is 0 Å². The standard InChI is InChI=1S/C23H34N6O10/c1-39-17-2-3-18(19(12-17)29(37)38)24-20(30)13-25-4-6-26(14-21(31)32)8-10-28(16-23(35)36)11-9-27(7-5-25)15-22(33)34/h2-3,12H,4-11,13-16H2,1H3,(H,24,30)(H,31,32)(H,33,34)(H,35,36). The quantitative estimate of drug-likeness (QED) is 0.192. The summed E-state index contributed by atoms with van der Waals surface area (Å²) >= 11 is 0. The van der Waals surface area contributed by atoms with Gasteiger partial charge >= 0.3 is 17.9 Å². The third-order valence-corrected chi connectivity index (χ3v) is 6.05. The number of aliphatic carboxylic acids is 3. The molecule has 39 heavy (non-hydrogen) atoms. The summed E-state index contributed by atoms with van der Waals surface area (Å²) in [6, 6.07) is 4.02. The number of rotatable bonds is 11. The van der Waals surface area contributed by atoms with E-state index in [2.05, 4.69) is 5.32 Å². The molecule has 1 amide bonds. The number of carbonyl (C=O) groups excluding carboxylic acids is 1. The van der Waals surface area contributed by atoms with Gasteiger partial charge < -0.3 is 25.4 Å². The number of hydrogen-bond acceptors (Lipinski definition) is 11. The van der Waals surface area contributed by atoms with E-state index in [1.54, 1.807) is 19.6 Å². The van der Waals surface area contributed by atoms with Crippen LogP contribution >= 0.6 is 0 Å². The monoisotopic (exact) mass is 554 g/mol. The molecule has 216 valence electrons. The molecular formula is C23H34N6O10. The predicted molar refractivity (Wildman–Crippen MR) is 137 cm³/mol. The number of hydrogen-bond donors (Lipinski definition) is 4. The van der Waals surface area contributed by atoms with Gasteiger partial charge in [0.2, 0.25) is 5.91 Å². The zero-order chi connectivity index (χ0) is 28.9. The SMILES string of the molecule is COc1ccc(NC(=O)CN2CCN(CC(=O)O)CCN(CC(=O)O)CCN(CC(=O)O)CC2)c([N+](=O)[O-])c1. The van der Waals surface area contributed by atoms with Gasteiger partial charge in [-0.2, -0.15) is 0 Å². The first-order valence-electron chi connectivity index (χ1n) is 12.1. The van der Waals surface area contributed by atoms with E-state index in [0.717, 1.165) is 0 Å². The van der Waals surface area contributed by atoms with Crippen molar-refractivity contribution in [1.82, 2.24) is 19.6 Å². The number of nitro groups is 1. The summed E-state index contributed by atoms with van der Waals surface area (Å²) < 4.78 is 5.00. The molecule has 0 radical (unpaired) electrons. The molecule has 1 saturated heterocycles. The highest BCUT2D eigenvalue weighted by Crippen LogP contribution is 2.28. The zero-order valence-corrected chi connectivity index (χ0v) is 21.7. The number of nitrogens with zero attached hydrogens (tertiary/aromatic N) is 5. The topological polar surface area (TPSA) is 206 Å². The van der Waals surface area contributed by atoms with E-state index in [1.165, 1.54) is 25.3 Å². The lowest BCUT2D eigenvalue weighted by Crippen LogP contribution is -2.49. The maximum Gasteiger partial charge on any atom is 0.317 e. The van der Waals surface area contributed by atoms with Gasteiger partial charge in [-0.1, -0.05) is 0 Å². The summed E-state index contributed by atoms with van der Waals surface area (Å²) in [5.41, 5.74) is -0.360. The molecule has 1 aliphatic heterocycles. The summed E-state index contributed by atoms with van der Waals surface area (Å²) in [5.74, 6) is -3.46. The number of nitro benzene ring substituents is 1. The average molecular weight is 555 g/mol. The Hall–Kier alpha value is -3.86. The van der Waals surface area contributed by atoms with E-state index < -0.39 is 28.7 Å². The molecule has 2 rings (SSSR count). The smallest absolute Gasteiger partial charge is 0.317 e. The Kier molecular flexibility index (Phi) is 12.5. The number of carbonyl (C=O) groups is 4. The van der Waals surface area contributed by atoms with E-state index in [9.17, 15) is 44.6 Å². The Morgan fingerprint density at radius 3 is 1.51 bits per heavy atom. The summed E-state index contributed by atoms with van der Waals surface area (Å²) in [6.45, 7) is 0.925. The van der Waals surface area contributed by atoms with Gasteiger partial charge in [-0.3, -0.25) is 48.9 Å². The highest BCUT2D eigenvalue weighted by Gasteiger charge is 2.22. The highest BCUT2D eigenvalue weighted by atomic mass is 16.6. The molecule has 16 nitrogen and oxygen atoms in total. The fourth-order valence-electron chi connectivity index (χ4n) is 4.07. The number of methoxy groups -OCH3 is 1. The van der Waals surface area contributed by atoms with Crippen LogP contribution in [0.15, 0.2) is 18.2 Å². The Morgan fingerprint density at radius 1 is 0.795 bits per heavy atom. The van der Waals surface area contributed by atoms with Crippen molar-refractivity contribution in [3.8, 4) is 5.75 Å². The van der Waals surface area contributed by atoms with Crippen molar-refractivity contribution in [1.29, 1.82) is 0 Å². The lowest BCUT2D eigenvalue weighted by atomic mass is 10.2. The van der Waals surface area contributed by atoms with E-state index in [-0.39, 0.29) is 95.7 Å². The first kappa shape index (κ1) is 31.4. The largest absolute Gasteiger partial charge is 0.496 e. The molecule has 0 atom stereocenters. The molecule has 0 aromatic heterocycles. The second-order valence-electron chi connectivity index (χ2n) is 8.97. The fraction of sp³-hybridized carbons (Fsp3) is 0.565. The second kappa shape index (κ2) is 15.5. The third-order valence-electron chi connectivity index (χ3n) is 6.05. The number of benzene rings is 1. The normalized spacial score (nSPS) is 16.9. The molecule has 1 heterocycles. The predicted octanol–water partition coefficient (Wildman–Crippen LogP) is -0.983. The molecular weight excluding hydrogens is 520 g/mol. The molecule has 4 N–H and O–H groups in total. The van der Waals surface area contributed by atoms with Crippen molar-refractivity contribution in [2.24, 2.45) is 0 Å². The number of amides is 1. The fourth-order valence-corrected chi connectivity index (χ4v) is 4.07. The van der Waals surface area contributed by atoms with Gasteiger partial charge in [0.1, 0.15) is 11.4 Å². The molecule has 1 fully saturated rings. The number of ether oxygens (including phenoxy) is 1. The van der Waals surface area contributed by atoms with Crippen LogP contribution in [0.4, 0.5) is 11.4 Å². The number of nitrogens with one attached hydrogen (secondary N) is 1. The Bertz CT molecular complexity index is 1010. The summed E-state index contributed by atoms with van der Waals surface area (Å²) in [6.07, 6.45) is 0. The first-order valence-corrected chi connectivity index (χ1v) is 12.1. The van der Waals surface area contributed by atoms with E-state index in [1.807, 2.05) is 0 Å². The maximum atomic E-state index is 12.9. The van der Waals surface area contributed by atoms with E-state index in [4.69, 9.17) is 4.74 Å². The zero-order valence-electron chi connectivity index (χ0n) is 21.7. The lowest BCUT2D eigenvalue weighted by Gasteiger charge is -2.32. The summed E-state index contributed by atoms with van der Waals surface area (Å²) in [7, 11) is 1.36. The van der Waals surface area contributed by atoms with Crippen LogP contribution in [0.5, 0.6) is 5.75 Å². The molecule has 1 aromatic carbocycles. The summed E-state index contributed by atoms with van der Waals surface area (Å²) in [4.78, 5) is 64.3. The molecule has 0 spiro atoms. The minimum atomic E-state index is -1.06. The Balaban J connectivity index is 2.19. The number of carboxylic acids is 3. The van der Waals surface area contributed by atoms with Crippen LogP contribution < -0.4 is 10.1 Å². The first-order chi connectivity index (χ1) is 18.5. The van der Waals surface area contributed by atoms with Crippen molar-refractivity contribution >= 4 is 35.2 Å². The van der Waals surface area contributed by atoms with E-state index in [0.29, 0.717) is 0 Å². The minimum absolute atomic E-state index is 0.0151. The molecule has 1 aromatic rings. The van der Waals surface area contributed by atoms with Crippen LogP contribution in [0.2, 0.25) is 0 Å². The highest BCUT2D eigenvalue weighted by molar-refractivity contribution is 5.94.